The number of carbonyl (C=O) groups excluding carboxylic acids is 1. The molecule has 5 rings (SSSR count). The van der Waals surface area contributed by atoms with E-state index in [0.717, 1.165) is 33.4 Å². The van der Waals surface area contributed by atoms with Crippen LogP contribution in [0.2, 0.25) is 5.02 Å². The smallest absolute Gasteiger partial charge is 0.270 e. The van der Waals surface area contributed by atoms with Gasteiger partial charge in [0.15, 0.2) is 16.7 Å². The molecule has 2 aliphatic heterocycles. The topological polar surface area (TPSA) is 63.5 Å². The number of ether oxygens (including phenoxy) is 2. The number of methoxy groups -OCH3 is 2. The van der Waals surface area contributed by atoms with Crippen LogP contribution in [0.3, 0.4) is 0 Å². The summed E-state index contributed by atoms with van der Waals surface area (Å²) in [5.41, 5.74) is 2.54. The highest BCUT2D eigenvalue weighted by atomic mass is 35.5. The molecule has 3 aliphatic rings. The fourth-order valence-electron chi connectivity index (χ4n) is 5.01. The van der Waals surface area contributed by atoms with Gasteiger partial charge in [0.1, 0.15) is 11.9 Å². The van der Waals surface area contributed by atoms with Gasteiger partial charge in [0.2, 0.25) is 0 Å². The molecule has 0 radical (unpaired) electrons. The molecule has 0 saturated heterocycles. The van der Waals surface area contributed by atoms with Crippen LogP contribution < -0.4 is 9.47 Å². The summed E-state index contributed by atoms with van der Waals surface area (Å²) in [6.45, 7) is 0. The van der Waals surface area contributed by atoms with E-state index < -0.39 is 0 Å². The number of nitrogens with zero attached hydrogens (tertiary/aromatic N) is 3. The second-order valence-electron chi connectivity index (χ2n) is 8.90. The number of hydrogen-bond acceptors (Lipinski definition) is 6. The molecule has 0 N–H and O–H groups in total. The van der Waals surface area contributed by atoms with Crippen molar-refractivity contribution in [3.8, 4) is 11.5 Å². The molecule has 0 aromatic heterocycles. The average Bonchev–Trinajstić information content (AvgIpc) is 3.19. The van der Waals surface area contributed by atoms with Gasteiger partial charge in [-0.3, -0.25) is 9.69 Å². The Morgan fingerprint density at radius 1 is 1.06 bits per heavy atom. The molecule has 8 heteroatoms. The van der Waals surface area contributed by atoms with Gasteiger partial charge in [-0.2, -0.15) is 4.99 Å². The minimum absolute atomic E-state index is 0.0887. The van der Waals surface area contributed by atoms with Crippen molar-refractivity contribution in [1.29, 1.82) is 0 Å². The zero-order chi connectivity index (χ0) is 23.7. The van der Waals surface area contributed by atoms with Crippen LogP contribution in [0.5, 0.6) is 11.5 Å². The van der Waals surface area contributed by atoms with Crippen LogP contribution in [-0.4, -0.2) is 42.1 Å². The first-order valence-electron chi connectivity index (χ1n) is 11.7. The standard InChI is InChI=1S/C26H28ClN3O3S/c1-32-22-13-18-20(14-23(22)33-2)28-26(34-15-17-10-6-7-11-19(17)27)30-21(25(31)29-24(18)30)12-16-8-4-3-5-9-16/h6-7,10-11,13-14,16,21H,3-5,8-9,12,15H2,1-2H3/t21-/m0/s1. The van der Waals surface area contributed by atoms with Gasteiger partial charge in [0.25, 0.3) is 5.91 Å². The van der Waals surface area contributed by atoms with Gasteiger partial charge < -0.3 is 9.47 Å². The summed E-state index contributed by atoms with van der Waals surface area (Å²) in [7, 11) is 3.21. The van der Waals surface area contributed by atoms with Gasteiger partial charge >= 0.3 is 0 Å². The lowest BCUT2D eigenvalue weighted by Gasteiger charge is -2.33. The molecule has 0 unspecified atom stereocenters. The molecule has 1 aliphatic carbocycles. The normalized spacial score (nSPS) is 19.9. The number of benzene rings is 2. The molecule has 1 amide bonds. The van der Waals surface area contributed by atoms with Crippen molar-refractivity contribution >= 4 is 46.0 Å². The van der Waals surface area contributed by atoms with E-state index in [9.17, 15) is 4.79 Å². The Labute approximate surface area is 209 Å². The number of aliphatic imine (C=N–C) groups is 2. The van der Waals surface area contributed by atoms with Crippen LogP contribution in [0.25, 0.3) is 0 Å². The summed E-state index contributed by atoms with van der Waals surface area (Å²) in [5.74, 6) is 2.94. The maximum absolute atomic E-state index is 13.2. The molecule has 1 atom stereocenters. The van der Waals surface area contributed by atoms with Gasteiger partial charge in [0.05, 0.1) is 19.9 Å². The second kappa shape index (κ2) is 10.0. The third-order valence-electron chi connectivity index (χ3n) is 6.80. The first-order valence-corrected chi connectivity index (χ1v) is 13.1. The van der Waals surface area contributed by atoms with Gasteiger partial charge in [0, 0.05) is 22.4 Å². The van der Waals surface area contributed by atoms with Crippen molar-refractivity contribution in [3.63, 3.8) is 0 Å². The van der Waals surface area contributed by atoms with Crippen LogP contribution in [0, 0.1) is 5.92 Å². The van der Waals surface area contributed by atoms with Gasteiger partial charge in [-0.15, -0.1) is 0 Å². The molecule has 0 bridgehead atoms. The highest BCUT2D eigenvalue weighted by Gasteiger charge is 2.43. The second-order valence-corrected chi connectivity index (χ2v) is 10.2. The Morgan fingerprint density at radius 3 is 2.53 bits per heavy atom. The highest BCUT2D eigenvalue weighted by Crippen LogP contribution is 2.42. The van der Waals surface area contributed by atoms with E-state index in [1.807, 2.05) is 41.3 Å². The summed E-state index contributed by atoms with van der Waals surface area (Å²) in [5, 5.41) is 1.49. The van der Waals surface area contributed by atoms with E-state index in [4.69, 9.17) is 26.1 Å². The van der Waals surface area contributed by atoms with Crippen molar-refractivity contribution in [3.05, 3.63) is 52.5 Å². The van der Waals surface area contributed by atoms with Crippen LogP contribution >= 0.6 is 23.4 Å². The fourth-order valence-corrected chi connectivity index (χ4v) is 6.34. The highest BCUT2D eigenvalue weighted by molar-refractivity contribution is 8.13. The third kappa shape index (κ3) is 4.43. The molecule has 2 heterocycles. The van der Waals surface area contributed by atoms with Gasteiger partial charge in [-0.1, -0.05) is 73.7 Å². The third-order valence-corrected chi connectivity index (χ3v) is 8.17. The number of amides is 1. The minimum Gasteiger partial charge on any atom is -0.493 e. The molecular weight excluding hydrogens is 470 g/mol. The van der Waals surface area contributed by atoms with Crippen LogP contribution in [0.4, 0.5) is 5.69 Å². The summed E-state index contributed by atoms with van der Waals surface area (Å²) < 4.78 is 11.0. The lowest BCUT2D eigenvalue weighted by molar-refractivity contribution is -0.120. The Balaban J connectivity index is 1.52. The molecule has 0 spiro atoms. The maximum Gasteiger partial charge on any atom is 0.270 e. The zero-order valence-electron chi connectivity index (χ0n) is 19.4. The van der Waals surface area contributed by atoms with Crippen molar-refractivity contribution in [2.75, 3.05) is 14.2 Å². The van der Waals surface area contributed by atoms with Crippen LogP contribution in [-0.2, 0) is 10.5 Å². The minimum atomic E-state index is -0.322. The number of rotatable bonds is 6. The molecule has 178 valence electrons. The average molecular weight is 498 g/mol. The lowest BCUT2D eigenvalue weighted by Crippen LogP contribution is -2.44. The quantitative estimate of drug-likeness (QED) is 0.474. The summed E-state index contributed by atoms with van der Waals surface area (Å²) in [6.07, 6.45) is 6.92. The number of amidine groups is 2. The Hall–Kier alpha value is -2.51. The molecule has 34 heavy (non-hydrogen) atoms. The van der Waals surface area contributed by atoms with Crippen molar-refractivity contribution in [1.82, 2.24) is 4.90 Å². The zero-order valence-corrected chi connectivity index (χ0v) is 21.0. The first kappa shape index (κ1) is 23.2. The first-order chi connectivity index (χ1) is 16.6. The molecule has 2 aromatic rings. The van der Waals surface area contributed by atoms with E-state index in [0.29, 0.717) is 29.0 Å². The predicted octanol–water partition coefficient (Wildman–Crippen LogP) is 6.22. The van der Waals surface area contributed by atoms with E-state index in [-0.39, 0.29) is 11.9 Å². The Bertz CT molecular complexity index is 1160. The number of halogens is 1. The van der Waals surface area contributed by atoms with E-state index in [2.05, 4.69) is 4.99 Å². The van der Waals surface area contributed by atoms with Crippen molar-refractivity contribution in [2.45, 2.75) is 50.3 Å². The van der Waals surface area contributed by atoms with E-state index in [1.165, 1.54) is 32.1 Å². The number of hydrogen-bond donors (Lipinski definition) is 0. The molecular formula is C26H28ClN3O3S. The van der Waals surface area contributed by atoms with Gasteiger partial charge in [-0.25, -0.2) is 4.99 Å². The SMILES string of the molecule is COc1cc2c(cc1OC)C1=NC(=O)[C@H](CC3CCCCC3)N1C(SCc1ccccc1Cl)=N2. The Morgan fingerprint density at radius 2 is 1.79 bits per heavy atom. The predicted molar refractivity (Wildman–Crippen MR) is 138 cm³/mol. The van der Waals surface area contributed by atoms with E-state index in [1.54, 1.807) is 26.0 Å². The summed E-state index contributed by atoms with van der Waals surface area (Å²) in [6, 6.07) is 11.2. The molecule has 6 nitrogen and oxygen atoms in total. The monoisotopic (exact) mass is 497 g/mol. The van der Waals surface area contributed by atoms with Crippen molar-refractivity contribution in [2.24, 2.45) is 15.9 Å². The van der Waals surface area contributed by atoms with Crippen LogP contribution in [0.15, 0.2) is 46.4 Å². The molecule has 1 saturated carbocycles. The summed E-state index contributed by atoms with van der Waals surface area (Å²) >= 11 is 8.00. The lowest BCUT2D eigenvalue weighted by atomic mass is 9.84. The van der Waals surface area contributed by atoms with Crippen molar-refractivity contribution < 1.29 is 14.3 Å². The van der Waals surface area contributed by atoms with Gasteiger partial charge in [-0.05, 0) is 30.0 Å². The Kier molecular flexibility index (Phi) is 6.84. The number of thioether (sulfide) groups is 1. The van der Waals surface area contributed by atoms with E-state index >= 15 is 0 Å². The van der Waals surface area contributed by atoms with Crippen LogP contribution in [0.1, 0.15) is 49.7 Å². The molecule has 1 fully saturated rings. The number of fused-ring (bicyclic) bond motifs is 3. The summed E-state index contributed by atoms with van der Waals surface area (Å²) in [4.78, 5) is 24.8. The maximum atomic E-state index is 13.2. The number of carbonyl (C=O) groups is 1. The molecule has 2 aromatic carbocycles. The largest absolute Gasteiger partial charge is 0.493 e. The fraction of sp³-hybridized carbons (Fsp3) is 0.423.